The van der Waals surface area contributed by atoms with E-state index in [0.717, 1.165) is 44.2 Å². The van der Waals surface area contributed by atoms with Gasteiger partial charge in [-0.25, -0.2) is 4.79 Å². The fourth-order valence-corrected chi connectivity index (χ4v) is 10.2. The van der Waals surface area contributed by atoms with E-state index in [1.807, 2.05) is 6.92 Å². The van der Waals surface area contributed by atoms with Crippen molar-refractivity contribution < 1.29 is 19.8 Å². The Balaban J connectivity index is 1.52. The maximum Gasteiger partial charge on any atom is 0.333 e. The van der Waals surface area contributed by atoms with Crippen molar-refractivity contribution in [2.75, 3.05) is 6.54 Å². The molecule has 1 saturated heterocycles. The second-order valence-electron chi connectivity index (χ2n) is 11.7. The fraction of sp³-hybridized carbons (Fsp3) is 0.800. The van der Waals surface area contributed by atoms with E-state index in [4.69, 9.17) is 4.74 Å². The number of nitrogens with zero attached hydrogens (tertiary/aromatic N) is 1. The number of aliphatic hydroxyl groups excluding tert-OH is 1. The largest absolute Gasteiger partial charge is 0.456 e. The van der Waals surface area contributed by atoms with Crippen molar-refractivity contribution in [1.82, 2.24) is 5.06 Å². The molecular formula is C25H35NO4. The maximum atomic E-state index is 12.7. The van der Waals surface area contributed by atoms with Gasteiger partial charge in [0.15, 0.2) is 0 Å². The maximum absolute atomic E-state index is 12.7. The van der Waals surface area contributed by atoms with Crippen molar-refractivity contribution in [3.05, 3.63) is 23.8 Å². The average molecular weight is 414 g/mol. The van der Waals surface area contributed by atoms with E-state index in [1.165, 1.54) is 6.42 Å². The third kappa shape index (κ3) is 1.91. The second-order valence-corrected chi connectivity index (χ2v) is 11.7. The summed E-state index contributed by atoms with van der Waals surface area (Å²) in [7, 11) is 0. The van der Waals surface area contributed by atoms with Crippen LogP contribution in [0.5, 0.6) is 0 Å². The standard InChI is InChI=1S/C25H35NO4/c1-5-13(2)22(28)30-19-16-14(3)11-24-10-7-15-23(4)8-6-9-25(15,20(24)18(19)27)21(17(16)24)26(29)12-23/h5,15-21,27,29H,3,6-12H2,1-2,4H3/b13-5+/t15-,16+,17-,18-,19+,20-,21-,23+,24-,25+/m1/s1. The molecule has 1 aliphatic heterocycles. The van der Waals surface area contributed by atoms with Gasteiger partial charge in [0.25, 0.3) is 0 Å². The molecule has 2 spiro atoms. The minimum atomic E-state index is -0.680. The van der Waals surface area contributed by atoms with Crippen LogP contribution >= 0.6 is 0 Å². The Morgan fingerprint density at radius 3 is 2.83 bits per heavy atom. The Morgan fingerprint density at radius 2 is 2.10 bits per heavy atom. The highest BCUT2D eigenvalue weighted by atomic mass is 16.6. The number of hydrogen-bond acceptors (Lipinski definition) is 5. The lowest BCUT2D eigenvalue weighted by atomic mass is 9.42. The summed E-state index contributed by atoms with van der Waals surface area (Å²) in [6.45, 7) is 11.1. The second kappa shape index (κ2) is 5.79. The molecule has 0 unspecified atom stereocenters. The van der Waals surface area contributed by atoms with E-state index in [1.54, 1.807) is 18.1 Å². The van der Waals surface area contributed by atoms with Crippen molar-refractivity contribution in [1.29, 1.82) is 0 Å². The van der Waals surface area contributed by atoms with Gasteiger partial charge >= 0.3 is 5.97 Å². The molecule has 6 aliphatic rings. The van der Waals surface area contributed by atoms with E-state index >= 15 is 0 Å². The Morgan fingerprint density at radius 1 is 1.33 bits per heavy atom. The van der Waals surface area contributed by atoms with Crippen LogP contribution in [0.3, 0.4) is 0 Å². The van der Waals surface area contributed by atoms with Crippen LogP contribution in [-0.4, -0.2) is 46.1 Å². The van der Waals surface area contributed by atoms with Crippen molar-refractivity contribution in [2.45, 2.75) is 77.5 Å². The van der Waals surface area contributed by atoms with Crippen LogP contribution in [0.2, 0.25) is 0 Å². The predicted molar refractivity (Wildman–Crippen MR) is 111 cm³/mol. The third-order valence-corrected chi connectivity index (χ3v) is 10.8. The summed E-state index contributed by atoms with van der Waals surface area (Å²) >= 11 is 0. The van der Waals surface area contributed by atoms with Gasteiger partial charge in [0.1, 0.15) is 6.10 Å². The van der Waals surface area contributed by atoms with Crippen molar-refractivity contribution >= 4 is 5.97 Å². The Kier molecular flexibility index (Phi) is 3.76. The molecule has 6 rings (SSSR count). The molecule has 10 atom stereocenters. The van der Waals surface area contributed by atoms with Crippen molar-refractivity contribution in [2.24, 2.45) is 39.9 Å². The van der Waals surface area contributed by atoms with Gasteiger partial charge in [-0.1, -0.05) is 31.6 Å². The average Bonchev–Trinajstić information content (AvgIpc) is 2.94. The smallest absolute Gasteiger partial charge is 0.333 e. The van der Waals surface area contributed by atoms with Gasteiger partial charge < -0.3 is 15.1 Å². The first kappa shape index (κ1) is 19.5. The summed E-state index contributed by atoms with van der Waals surface area (Å²) < 4.78 is 6.02. The number of esters is 1. The lowest BCUT2D eigenvalue weighted by molar-refractivity contribution is -0.271. The zero-order chi connectivity index (χ0) is 21.2. The van der Waals surface area contributed by atoms with Gasteiger partial charge in [-0.2, -0.15) is 5.06 Å². The first-order chi connectivity index (χ1) is 14.2. The van der Waals surface area contributed by atoms with Gasteiger partial charge in [0, 0.05) is 30.0 Å². The molecule has 2 N–H and O–H groups in total. The van der Waals surface area contributed by atoms with E-state index in [0.29, 0.717) is 11.5 Å². The molecule has 5 heteroatoms. The zero-order valence-corrected chi connectivity index (χ0v) is 18.4. The number of allylic oxidation sites excluding steroid dienone is 1. The molecule has 1 heterocycles. The minimum Gasteiger partial charge on any atom is -0.456 e. The van der Waals surface area contributed by atoms with E-state index in [2.05, 4.69) is 13.5 Å². The molecule has 0 aromatic heterocycles. The van der Waals surface area contributed by atoms with Crippen LogP contribution in [0.15, 0.2) is 23.8 Å². The SMILES string of the molecule is C=C1C[C@@]23CC[C@@H]4[C@@]5(C)CCC[C@@]46[C@@H]2[C@H](O)[C@@H](OC(=O)/C(C)=C/C)[C@@H]1[C@@H]3[C@H]6N(O)C5. The number of carbonyl (C=O) groups excluding carboxylic acids is 1. The van der Waals surface area contributed by atoms with Crippen LogP contribution in [0, 0.1) is 39.9 Å². The molecule has 5 saturated carbocycles. The van der Waals surface area contributed by atoms with Gasteiger partial charge in [0.05, 0.1) is 6.10 Å². The molecular weight excluding hydrogens is 378 g/mol. The van der Waals surface area contributed by atoms with Crippen LogP contribution < -0.4 is 0 Å². The monoisotopic (exact) mass is 413 g/mol. The van der Waals surface area contributed by atoms with Crippen LogP contribution in [0.25, 0.3) is 0 Å². The number of hydrogen-bond donors (Lipinski definition) is 2. The summed E-state index contributed by atoms with van der Waals surface area (Å²) in [4.78, 5) is 12.7. The Bertz CT molecular complexity index is 867. The van der Waals surface area contributed by atoms with Crippen molar-refractivity contribution in [3.8, 4) is 0 Å². The molecule has 6 bridgehead atoms. The Labute approximate surface area is 179 Å². The Hall–Kier alpha value is -1.17. The summed E-state index contributed by atoms with van der Waals surface area (Å²) in [6, 6.07) is 0.0498. The van der Waals surface area contributed by atoms with Crippen LogP contribution in [0.4, 0.5) is 0 Å². The minimum absolute atomic E-state index is 0.00442. The molecule has 0 aromatic rings. The highest BCUT2D eigenvalue weighted by Gasteiger charge is 2.84. The number of hydroxylamine groups is 2. The quantitative estimate of drug-likeness (QED) is 0.410. The van der Waals surface area contributed by atoms with E-state index in [9.17, 15) is 15.1 Å². The first-order valence-corrected chi connectivity index (χ1v) is 11.9. The summed E-state index contributed by atoms with van der Waals surface area (Å²) in [5, 5.41) is 24.9. The number of piperidine rings is 1. The number of carbonyl (C=O) groups is 1. The summed E-state index contributed by atoms with van der Waals surface area (Å²) in [6.07, 6.45) is 7.14. The highest BCUT2D eigenvalue weighted by molar-refractivity contribution is 5.87. The molecule has 0 aromatic carbocycles. The molecule has 164 valence electrons. The number of ether oxygens (including phenoxy) is 1. The molecule has 5 nitrogen and oxygen atoms in total. The number of aliphatic hydroxyl groups is 1. The van der Waals surface area contributed by atoms with E-state index < -0.39 is 12.2 Å². The summed E-state index contributed by atoms with van der Waals surface area (Å²) in [5.41, 5.74) is 1.72. The van der Waals surface area contributed by atoms with Gasteiger partial charge in [0.2, 0.25) is 0 Å². The lowest BCUT2D eigenvalue weighted by Gasteiger charge is -2.65. The van der Waals surface area contributed by atoms with Gasteiger partial charge in [-0.05, 0) is 74.0 Å². The normalized spacial score (nSPS) is 56.2. The predicted octanol–water partition coefficient (Wildman–Crippen LogP) is 3.71. The van der Waals surface area contributed by atoms with Gasteiger partial charge in [-0.15, -0.1) is 0 Å². The highest BCUT2D eigenvalue weighted by Crippen LogP contribution is 2.83. The van der Waals surface area contributed by atoms with Gasteiger partial charge in [-0.3, -0.25) is 0 Å². The van der Waals surface area contributed by atoms with Crippen molar-refractivity contribution in [3.63, 3.8) is 0 Å². The van der Waals surface area contributed by atoms with Crippen LogP contribution in [-0.2, 0) is 9.53 Å². The van der Waals surface area contributed by atoms with E-state index in [-0.39, 0.29) is 46.0 Å². The molecule has 0 amide bonds. The topological polar surface area (TPSA) is 70.0 Å². The summed E-state index contributed by atoms with van der Waals surface area (Å²) in [5.74, 6) is 0.432. The molecule has 5 aliphatic carbocycles. The zero-order valence-electron chi connectivity index (χ0n) is 18.4. The van der Waals surface area contributed by atoms with Crippen LogP contribution in [0.1, 0.15) is 59.3 Å². The third-order valence-electron chi connectivity index (χ3n) is 10.8. The fourth-order valence-electron chi connectivity index (χ4n) is 10.2. The molecule has 0 radical (unpaired) electrons. The first-order valence-electron chi connectivity index (χ1n) is 11.9. The molecule has 6 fully saturated rings. The molecule has 30 heavy (non-hydrogen) atoms. The lowest BCUT2D eigenvalue weighted by Crippen LogP contribution is -2.67. The number of rotatable bonds is 2.